The molecule has 3 unspecified atom stereocenters. The molecular formula is C16H19NO4. The molecule has 2 fully saturated rings. The van der Waals surface area contributed by atoms with Crippen LogP contribution in [0.5, 0.6) is 11.5 Å². The molecule has 1 N–H and O–H groups in total. The molecule has 21 heavy (non-hydrogen) atoms. The van der Waals surface area contributed by atoms with E-state index in [4.69, 9.17) is 9.47 Å². The van der Waals surface area contributed by atoms with Crippen LogP contribution in [0.4, 0.5) is 0 Å². The lowest BCUT2D eigenvalue weighted by Gasteiger charge is -2.21. The van der Waals surface area contributed by atoms with Crippen molar-refractivity contribution < 1.29 is 19.4 Å². The second kappa shape index (κ2) is 4.91. The van der Waals surface area contributed by atoms with Gasteiger partial charge in [0.2, 0.25) is 0 Å². The van der Waals surface area contributed by atoms with E-state index in [2.05, 4.69) is 0 Å². The number of nitrogens with zero attached hydrogens (tertiary/aromatic N) is 1. The molecule has 3 atom stereocenters. The molecule has 4 rings (SSSR count). The molecule has 0 bridgehead atoms. The first-order valence-electron chi connectivity index (χ1n) is 7.59. The van der Waals surface area contributed by atoms with Crippen molar-refractivity contribution in [2.75, 3.05) is 26.3 Å². The molecule has 2 aliphatic heterocycles. The summed E-state index contributed by atoms with van der Waals surface area (Å²) in [5, 5.41) is 9.95. The quantitative estimate of drug-likeness (QED) is 0.846. The lowest BCUT2D eigenvalue weighted by molar-refractivity contribution is 0.0751. The zero-order valence-corrected chi connectivity index (χ0v) is 11.8. The summed E-state index contributed by atoms with van der Waals surface area (Å²) in [4.78, 5) is 14.5. The third kappa shape index (κ3) is 2.16. The molecule has 0 aromatic heterocycles. The van der Waals surface area contributed by atoms with Crippen LogP contribution in [0.2, 0.25) is 0 Å². The molecule has 3 aliphatic rings. The molecule has 1 aromatic rings. The summed E-state index contributed by atoms with van der Waals surface area (Å²) in [6, 6.07) is 5.36. The van der Waals surface area contributed by atoms with Gasteiger partial charge in [-0.25, -0.2) is 0 Å². The first kappa shape index (κ1) is 13.0. The number of carbonyl (C=O) groups excluding carboxylic acids is 1. The molecule has 0 spiro atoms. The van der Waals surface area contributed by atoms with Gasteiger partial charge in [-0.3, -0.25) is 4.79 Å². The second-order valence-corrected chi connectivity index (χ2v) is 6.14. The largest absolute Gasteiger partial charge is 0.486 e. The third-order valence-electron chi connectivity index (χ3n) is 4.90. The van der Waals surface area contributed by atoms with Gasteiger partial charge in [0.05, 0.1) is 6.10 Å². The van der Waals surface area contributed by atoms with Crippen molar-refractivity contribution in [2.45, 2.75) is 18.9 Å². The van der Waals surface area contributed by atoms with Gasteiger partial charge in [0, 0.05) is 24.6 Å². The van der Waals surface area contributed by atoms with Crippen LogP contribution >= 0.6 is 0 Å². The lowest BCUT2D eigenvalue weighted by atomic mass is 10.00. The molecule has 1 saturated heterocycles. The Bertz CT molecular complexity index is 573. The van der Waals surface area contributed by atoms with Crippen LogP contribution in [0.1, 0.15) is 23.2 Å². The van der Waals surface area contributed by atoms with Crippen LogP contribution in [0.15, 0.2) is 18.2 Å². The first-order valence-corrected chi connectivity index (χ1v) is 7.59. The average molecular weight is 289 g/mol. The average Bonchev–Trinajstić information content (AvgIpc) is 3.08. The van der Waals surface area contributed by atoms with Crippen LogP contribution in [-0.2, 0) is 0 Å². The zero-order chi connectivity index (χ0) is 14.4. The van der Waals surface area contributed by atoms with E-state index in [0.717, 1.165) is 19.4 Å². The van der Waals surface area contributed by atoms with Crippen LogP contribution < -0.4 is 9.47 Å². The van der Waals surface area contributed by atoms with Crippen molar-refractivity contribution in [1.29, 1.82) is 0 Å². The van der Waals surface area contributed by atoms with E-state index in [1.54, 1.807) is 18.2 Å². The predicted molar refractivity (Wildman–Crippen MR) is 75.6 cm³/mol. The summed E-state index contributed by atoms with van der Waals surface area (Å²) in [5.74, 6) is 2.08. The number of aliphatic hydroxyl groups excluding tert-OH is 1. The minimum Gasteiger partial charge on any atom is -0.486 e. The fraction of sp³-hybridized carbons (Fsp3) is 0.562. The van der Waals surface area contributed by atoms with Gasteiger partial charge >= 0.3 is 0 Å². The van der Waals surface area contributed by atoms with E-state index in [1.807, 2.05) is 4.90 Å². The Labute approximate surface area is 123 Å². The standard InChI is InChI=1S/C16H19NO4/c18-13-3-1-11-8-17(9-12(11)13)16(19)10-2-4-14-15(7-10)21-6-5-20-14/h2,4,7,11-13,18H,1,3,5-6,8-9H2. The maximum absolute atomic E-state index is 12.6. The fourth-order valence-electron chi connectivity index (χ4n) is 3.76. The van der Waals surface area contributed by atoms with Crippen molar-refractivity contribution in [3.05, 3.63) is 23.8 Å². The highest BCUT2D eigenvalue weighted by Gasteiger charge is 2.43. The molecular weight excluding hydrogens is 270 g/mol. The molecule has 1 aromatic carbocycles. The van der Waals surface area contributed by atoms with Crippen molar-refractivity contribution in [2.24, 2.45) is 11.8 Å². The Morgan fingerprint density at radius 1 is 1.14 bits per heavy atom. The number of aliphatic hydroxyl groups is 1. The van der Waals surface area contributed by atoms with Gasteiger partial charge in [0.25, 0.3) is 5.91 Å². The Morgan fingerprint density at radius 3 is 2.76 bits per heavy atom. The molecule has 0 radical (unpaired) electrons. The number of fused-ring (bicyclic) bond motifs is 2. The summed E-state index contributed by atoms with van der Waals surface area (Å²) in [6.45, 7) is 2.49. The van der Waals surface area contributed by atoms with Crippen LogP contribution in [-0.4, -0.2) is 48.3 Å². The number of amides is 1. The highest BCUT2D eigenvalue weighted by atomic mass is 16.6. The number of ether oxygens (including phenoxy) is 2. The van der Waals surface area contributed by atoms with E-state index < -0.39 is 0 Å². The Kier molecular flexibility index (Phi) is 3.03. The van der Waals surface area contributed by atoms with Gasteiger partial charge in [-0.2, -0.15) is 0 Å². The maximum atomic E-state index is 12.6. The first-order chi connectivity index (χ1) is 10.2. The number of likely N-dealkylation sites (tertiary alicyclic amines) is 1. The lowest BCUT2D eigenvalue weighted by Crippen LogP contribution is -2.31. The highest BCUT2D eigenvalue weighted by molar-refractivity contribution is 5.95. The second-order valence-electron chi connectivity index (χ2n) is 6.14. The van der Waals surface area contributed by atoms with Crippen molar-refractivity contribution in [1.82, 2.24) is 4.90 Å². The van der Waals surface area contributed by atoms with E-state index in [1.165, 1.54) is 0 Å². The Morgan fingerprint density at radius 2 is 1.95 bits per heavy atom. The van der Waals surface area contributed by atoms with Crippen LogP contribution in [0, 0.1) is 11.8 Å². The van der Waals surface area contributed by atoms with Gasteiger partial charge in [0.1, 0.15) is 13.2 Å². The van der Waals surface area contributed by atoms with Gasteiger partial charge < -0.3 is 19.5 Å². The minimum absolute atomic E-state index is 0.0218. The summed E-state index contributed by atoms with van der Waals surface area (Å²) < 4.78 is 11.0. The van der Waals surface area contributed by atoms with E-state index >= 15 is 0 Å². The molecule has 5 heteroatoms. The number of benzene rings is 1. The Balaban J connectivity index is 1.53. The smallest absolute Gasteiger partial charge is 0.254 e. The van der Waals surface area contributed by atoms with Crippen LogP contribution in [0.25, 0.3) is 0 Å². The Hall–Kier alpha value is -1.75. The van der Waals surface area contributed by atoms with Crippen molar-refractivity contribution in [3.63, 3.8) is 0 Å². The van der Waals surface area contributed by atoms with E-state index in [9.17, 15) is 9.90 Å². The topological polar surface area (TPSA) is 59.0 Å². The summed E-state index contributed by atoms with van der Waals surface area (Å²) in [5.41, 5.74) is 0.633. The highest BCUT2D eigenvalue weighted by Crippen LogP contribution is 2.39. The predicted octanol–water partition coefficient (Wildman–Crippen LogP) is 1.30. The van der Waals surface area contributed by atoms with Crippen LogP contribution in [0.3, 0.4) is 0 Å². The number of hydrogen-bond acceptors (Lipinski definition) is 4. The van der Waals surface area contributed by atoms with Crippen molar-refractivity contribution in [3.8, 4) is 11.5 Å². The number of rotatable bonds is 1. The molecule has 1 amide bonds. The summed E-state index contributed by atoms with van der Waals surface area (Å²) in [6.07, 6.45) is 1.66. The minimum atomic E-state index is -0.243. The maximum Gasteiger partial charge on any atom is 0.254 e. The molecule has 1 aliphatic carbocycles. The summed E-state index contributed by atoms with van der Waals surface area (Å²) >= 11 is 0. The number of carbonyl (C=O) groups is 1. The van der Waals surface area contributed by atoms with Gasteiger partial charge in [0.15, 0.2) is 11.5 Å². The summed E-state index contributed by atoms with van der Waals surface area (Å²) in [7, 11) is 0. The normalized spacial score (nSPS) is 30.3. The van der Waals surface area contributed by atoms with Gasteiger partial charge in [-0.15, -0.1) is 0 Å². The molecule has 1 saturated carbocycles. The number of hydrogen-bond donors (Lipinski definition) is 1. The van der Waals surface area contributed by atoms with Gasteiger partial charge in [-0.1, -0.05) is 0 Å². The fourth-order valence-corrected chi connectivity index (χ4v) is 3.76. The SMILES string of the molecule is O=C(c1ccc2c(c1)OCCO2)N1CC2CCC(O)C2C1. The molecule has 5 nitrogen and oxygen atoms in total. The van der Waals surface area contributed by atoms with Gasteiger partial charge in [-0.05, 0) is 37.0 Å². The zero-order valence-electron chi connectivity index (χ0n) is 11.8. The van der Waals surface area contributed by atoms with E-state index in [-0.39, 0.29) is 17.9 Å². The molecule has 2 heterocycles. The van der Waals surface area contributed by atoms with E-state index in [0.29, 0.717) is 42.7 Å². The molecule has 112 valence electrons. The van der Waals surface area contributed by atoms with Crippen molar-refractivity contribution >= 4 is 5.91 Å². The monoisotopic (exact) mass is 289 g/mol. The third-order valence-corrected chi connectivity index (χ3v) is 4.90.